The molecule has 0 saturated heterocycles. The minimum atomic E-state index is 0. The molecule has 0 aliphatic carbocycles. The second kappa shape index (κ2) is 15.8. The van der Waals surface area contributed by atoms with Gasteiger partial charge in [0.1, 0.15) is 0 Å². The molecule has 0 heterocycles. The fourth-order valence-corrected chi connectivity index (χ4v) is 0.224. The van der Waals surface area contributed by atoms with E-state index in [1.807, 2.05) is 0 Å². The van der Waals surface area contributed by atoms with Gasteiger partial charge >= 0.3 is 0 Å². The Morgan fingerprint density at radius 2 is 1.00 bits per heavy atom. The maximum Gasteiger partial charge on any atom is 0.0431 e. The molecule has 0 unspecified atom stereocenters. The quantitative estimate of drug-likeness (QED) is 0.431. The average Bonchev–Trinajstić information content (AvgIpc) is 1.61. The average molecular weight is 126 g/mol. The zero-order valence-electron chi connectivity index (χ0n) is 4.72. The van der Waals surface area contributed by atoms with Crippen LogP contribution in [0.1, 0.15) is 12.8 Å². The predicted molar refractivity (Wildman–Crippen MR) is 30.6 cm³/mol. The SMILES string of the molecule is O.O.OCCCCO. The summed E-state index contributed by atoms with van der Waals surface area (Å²) in [6, 6.07) is 0. The lowest BCUT2D eigenvalue weighted by atomic mass is 10.3. The Balaban J connectivity index is -0.000000125. The molecule has 0 rings (SSSR count). The lowest BCUT2D eigenvalue weighted by Crippen LogP contribution is -1.85. The Morgan fingerprint density at radius 1 is 0.750 bits per heavy atom. The fourth-order valence-electron chi connectivity index (χ4n) is 0.224. The Hall–Kier alpha value is -0.160. The Kier molecular flexibility index (Phi) is 31.0. The summed E-state index contributed by atoms with van der Waals surface area (Å²) >= 11 is 0. The van der Waals surface area contributed by atoms with Crippen LogP contribution in [0.2, 0.25) is 0 Å². The molecule has 0 radical (unpaired) electrons. The fraction of sp³-hybridized carbons (Fsp3) is 1.00. The highest BCUT2D eigenvalue weighted by Crippen LogP contribution is 1.80. The van der Waals surface area contributed by atoms with Gasteiger partial charge < -0.3 is 21.2 Å². The first-order chi connectivity index (χ1) is 2.91. The van der Waals surface area contributed by atoms with Crippen molar-refractivity contribution in [2.45, 2.75) is 12.8 Å². The van der Waals surface area contributed by atoms with E-state index in [2.05, 4.69) is 0 Å². The van der Waals surface area contributed by atoms with Gasteiger partial charge in [-0.2, -0.15) is 0 Å². The summed E-state index contributed by atoms with van der Waals surface area (Å²) in [6.45, 7) is 0.390. The van der Waals surface area contributed by atoms with Gasteiger partial charge in [0, 0.05) is 13.2 Å². The van der Waals surface area contributed by atoms with Crippen molar-refractivity contribution in [1.82, 2.24) is 0 Å². The molecule has 0 bridgehead atoms. The number of rotatable bonds is 3. The van der Waals surface area contributed by atoms with E-state index in [0.717, 1.165) is 12.8 Å². The van der Waals surface area contributed by atoms with Gasteiger partial charge in [0.15, 0.2) is 0 Å². The van der Waals surface area contributed by atoms with E-state index in [1.165, 1.54) is 0 Å². The molecule has 0 aromatic rings. The molecular formula is C4H14O4. The first-order valence-electron chi connectivity index (χ1n) is 2.13. The van der Waals surface area contributed by atoms with Gasteiger partial charge in [0.25, 0.3) is 0 Å². The zero-order valence-corrected chi connectivity index (χ0v) is 4.72. The van der Waals surface area contributed by atoms with Gasteiger partial charge in [0.2, 0.25) is 0 Å². The highest BCUT2D eigenvalue weighted by molar-refractivity contribution is 4.30. The summed E-state index contributed by atoms with van der Waals surface area (Å²) in [5.74, 6) is 0. The molecule has 0 aromatic heterocycles. The third-order valence-electron chi connectivity index (χ3n) is 0.566. The van der Waals surface area contributed by atoms with Crippen LogP contribution < -0.4 is 0 Å². The van der Waals surface area contributed by atoms with Gasteiger partial charge in [-0.25, -0.2) is 0 Å². The number of aliphatic hydroxyl groups is 2. The largest absolute Gasteiger partial charge is 0.412 e. The van der Waals surface area contributed by atoms with Crippen LogP contribution in [-0.2, 0) is 0 Å². The van der Waals surface area contributed by atoms with E-state index in [4.69, 9.17) is 10.2 Å². The molecule has 4 heteroatoms. The Bertz CT molecular complexity index is 20.0. The molecule has 8 heavy (non-hydrogen) atoms. The summed E-state index contributed by atoms with van der Waals surface area (Å²) in [7, 11) is 0. The minimum Gasteiger partial charge on any atom is -0.412 e. The van der Waals surface area contributed by atoms with E-state index in [9.17, 15) is 0 Å². The summed E-state index contributed by atoms with van der Waals surface area (Å²) in [5, 5.41) is 16.2. The monoisotopic (exact) mass is 126 g/mol. The van der Waals surface area contributed by atoms with E-state index >= 15 is 0 Å². The van der Waals surface area contributed by atoms with Gasteiger partial charge in [0.05, 0.1) is 0 Å². The van der Waals surface area contributed by atoms with Gasteiger partial charge in [-0.3, -0.25) is 0 Å². The Labute approximate surface area is 48.4 Å². The standard InChI is InChI=1S/C4H10O2.2H2O/c5-3-1-2-4-6;;/h5-6H,1-4H2;2*1H2. The smallest absolute Gasteiger partial charge is 0.0431 e. The first kappa shape index (κ1) is 15.7. The molecule has 0 atom stereocenters. The second-order valence-electron chi connectivity index (χ2n) is 1.15. The van der Waals surface area contributed by atoms with Crippen LogP contribution in [0.15, 0.2) is 0 Å². The normalized spacial score (nSPS) is 6.75. The van der Waals surface area contributed by atoms with Crippen molar-refractivity contribution in [3.05, 3.63) is 0 Å². The van der Waals surface area contributed by atoms with E-state index in [0.29, 0.717) is 0 Å². The van der Waals surface area contributed by atoms with Crippen LogP contribution in [0.5, 0.6) is 0 Å². The van der Waals surface area contributed by atoms with Crippen molar-refractivity contribution in [2.75, 3.05) is 13.2 Å². The van der Waals surface area contributed by atoms with Crippen LogP contribution >= 0.6 is 0 Å². The van der Waals surface area contributed by atoms with Crippen molar-refractivity contribution in [3.8, 4) is 0 Å². The molecular weight excluding hydrogens is 112 g/mol. The first-order valence-corrected chi connectivity index (χ1v) is 2.13. The van der Waals surface area contributed by atoms with Gasteiger partial charge in [-0.1, -0.05) is 0 Å². The molecule has 54 valence electrons. The highest BCUT2D eigenvalue weighted by Gasteiger charge is 1.77. The number of aliphatic hydroxyl groups excluding tert-OH is 2. The molecule has 0 aromatic carbocycles. The van der Waals surface area contributed by atoms with Gasteiger partial charge in [-0.15, -0.1) is 0 Å². The lowest BCUT2D eigenvalue weighted by molar-refractivity contribution is 0.242. The van der Waals surface area contributed by atoms with Crippen molar-refractivity contribution in [3.63, 3.8) is 0 Å². The number of unbranched alkanes of at least 4 members (excludes halogenated alkanes) is 1. The van der Waals surface area contributed by atoms with Crippen molar-refractivity contribution in [1.29, 1.82) is 0 Å². The van der Waals surface area contributed by atoms with E-state index < -0.39 is 0 Å². The molecule has 6 N–H and O–H groups in total. The number of hydrogen-bond donors (Lipinski definition) is 2. The number of hydrogen-bond acceptors (Lipinski definition) is 2. The van der Waals surface area contributed by atoms with Crippen molar-refractivity contribution >= 4 is 0 Å². The van der Waals surface area contributed by atoms with Crippen LogP contribution in [0, 0.1) is 0 Å². The molecule has 0 spiro atoms. The van der Waals surface area contributed by atoms with Crippen molar-refractivity contribution < 1.29 is 21.2 Å². The van der Waals surface area contributed by atoms with E-state index in [1.54, 1.807) is 0 Å². The minimum absolute atomic E-state index is 0. The predicted octanol–water partition coefficient (Wildman–Crippen LogP) is -1.90. The van der Waals surface area contributed by atoms with Crippen molar-refractivity contribution in [2.24, 2.45) is 0 Å². The highest BCUT2D eigenvalue weighted by atomic mass is 16.3. The topological polar surface area (TPSA) is 103 Å². The molecule has 0 amide bonds. The molecule has 0 aliphatic heterocycles. The molecule has 4 nitrogen and oxygen atoms in total. The second-order valence-corrected chi connectivity index (χ2v) is 1.15. The van der Waals surface area contributed by atoms with Crippen LogP contribution in [0.25, 0.3) is 0 Å². The summed E-state index contributed by atoms with van der Waals surface area (Å²) in [5.41, 5.74) is 0. The Morgan fingerprint density at radius 3 is 1.12 bits per heavy atom. The zero-order chi connectivity index (χ0) is 4.83. The van der Waals surface area contributed by atoms with Crippen LogP contribution in [0.3, 0.4) is 0 Å². The van der Waals surface area contributed by atoms with Gasteiger partial charge in [-0.05, 0) is 12.8 Å². The maximum atomic E-state index is 8.09. The summed E-state index contributed by atoms with van der Waals surface area (Å²) in [4.78, 5) is 0. The maximum absolute atomic E-state index is 8.09. The lowest BCUT2D eigenvalue weighted by Gasteiger charge is -1.85. The third-order valence-corrected chi connectivity index (χ3v) is 0.566. The van der Waals surface area contributed by atoms with Crippen LogP contribution in [-0.4, -0.2) is 34.4 Å². The van der Waals surface area contributed by atoms with E-state index in [-0.39, 0.29) is 24.2 Å². The summed E-state index contributed by atoms with van der Waals surface area (Å²) < 4.78 is 0. The summed E-state index contributed by atoms with van der Waals surface area (Å²) in [6.07, 6.45) is 1.44. The van der Waals surface area contributed by atoms with Crippen LogP contribution in [0.4, 0.5) is 0 Å². The third kappa shape index (κ3) is 17.0. The molecule has 0 aliphatic rings. The molecule has 0 saturated carbocycles. The molecule has 0 fully saturated rings.